The van der Waals surface area contributed by atoms with Crippen molar-refractivity contribution in [3.63, 3.8) is 0 Å². The molecule has 1 aliphatic rings. The van der Waals surface area contributed by atoms with Crippen molar-refractivity contribution < 1.29 is 18.7 Å². The summed E-state index contributed by atoms with van der Waals surface area (Å²) in [5.41, 5.74) is 4.30. The summed E-state index contributed by atoms with van der Waals surface area (Å²) >= 11 is 0. The first-order chi connectivity index (χ1) is 21.1. The predicted molar refractivity (Wildman–Crippen MR) is 160 cm³/mol. The number of ether oxygens (including phenoxy) is 2. The third-order valence-electron chi connectivity index (χ3n) is 7.00. The van der Waals surface area contributed by atoms with Gasteiger partial charge in [-0.3, -0.25) is 15.2 Å². The lowest BCUT2D eigenvalue weighted by atomic mass is 10.0. The second-order valence-corrected chi connectivity index (χ2v) is 10.1. The van der Waals surface area contributed by atoms with Gasteiger partial charge in [0.25, 0.3) is 0 Å². The number of benzene rings is 2. The number of pyridine rings is 1. The van der Waals surface area contributed by atoms with Crippen LogP contribution in [0.1, 0.15) is 12.5 Å². The molecule has 1 fully saturated rings. The van der Waals surface area contributed by atoms with Gasteiger partial charge in [-0.2, -0.15) is 0 Å². The molecule has 220 valence electrons. The Morgan fingerprint density at radius 1 is 1.12 bits per heavy atom. The maximum atomic E-state index is 14.8. The average Bonchev–Trinajstić information content (AvgIpc) is 3.43. The van der Waals surface area contributed by atoms with E-state index in [4.69, 9.17) is 9.47 Å². The van der Waals surface area contributed by atoms with E-state index in [0.29, 0.717) is 47.5 Å². The maximum Gasteiger partial charge on any atom is 0.321 e. The highest BCUT2D eigenvalue weighted by Gasteiger charge is 2.22. The van der Waals surface area contributed by atoms with E-state index in [9.17, 15) is 9.18 Å². The number of imidazole rings is 1. The summed E-state index contributed by atoms with van der Waals surface area (Å²) in [6.07, 6.45) is 4.72. The summed E-state index contributed by atoms with van der Waals surface area (Å²) in [5, 5.41) is 5.32. The number of fused-ring (bicyclic) bond motifs is 1. The van der Waals surface area contributed by atoms with Crippen LogP contribution in [0.5, 0.6) is 6.01 Å². The molecule has 3 aromatic heterocycles. The highest BCUT2D eigenvalue weighted by Crippen LogP contribution is 2.34. The number of nitrogens with one attached hydrogen (secondary N) is 3. The average molecular weight is 583 g/mol. The van der Waals surface area contributed by atoms with Gasteiger partial charge in [-0.25, -0.2) is 24.1 Å². The molecular weight excluding hydrogens is 551 g/mol. The van der Waals surface area contributed by atoms with E-state index in [2.05, 4.69) is 52.6 Å². The van der Waals surface area contributed by atoms with Crippen LogP contribution in [0.4, 0.5) is 15.1 Å². The third-order valence-corrected chi connectivity index (χ3v) is 7.00. The van der Waals surface area contributed by atoms with Crippen molar-refractivity contribution in [2.24, 2.45) is 0 Å². The molecule has 0 radical (unpaired) electrons. The molecule has 0 saturated carbocycles. The topological polar surface area (TPSA) is 130 Å². The van der Waals surface area contributed by atoms with Crippen LogP contribution in [0, 0.1) is 5.82 Å². The molecule has 1 aliphatic heterocycles. The monoisotopic (exact) mass is 582 g/mol. The van der Waals surface area contributed by atoms with Crippen molar-refractivity contribution in [1.29, 1.82) is 0 Å². The van der Waals surface area contributed by atoms with E-state index in [1.54, 1.807) is 18.5 Å². The van der Waals surface area contributed by atoms with Crippen LogP contribution in [-0.4, -0.2) is 74.8 Å². The number of hydrogen-bond donors (Lipinski definition) is 3. The zero-order valence-corrected chi connectivity index (χ0v) is 23.6. The van der Waals surface area contributed by atoms with Gasteiger partial charge in [0.05, 0.1) is 12.1 Å². The smallest absolute Gasteiger partial charge is 0.321 e. The molecule has 6 rings (SSSR count). The van der Waals surface area contributed by atoms with Crippen molar-refractivity contribution in [3.05, 3.63) is 84.6 Å². The van der Waals surface area contributed by atoms with Crippen molar-refractivity contribution in [3.8, 4) is 28.4 Å². The zero-order valence-electron chi connectivity index (χ0n) is 23.6. The van der Waals surface area contributed by atoms with E-state index in [0.717, 1.165) is 19.6 Å². The van der Waals surface area contributed by atoms with Gasteiger partial charge in [0, 0.05) is 55.9 Å². The Balaban J connectivity index is 1.19. The Labute approximate surface area is 247 Å². The standard InChI is InChI=1S/C31H31FN8O3/c1-2-33-30(41)39-29-37-26-14-21(13-24(28(26)38-29)27-25(32)9-6-10-34-27)22-15-35-31(36-16-22)43-19-23-18-40(11-12-42-23)17-20-7-4-3-5-8-20/h3-10,13-16,23H,2,11-12,17-19H2,1H3,(H3,33,37,38,39,41). The fourth-order valence-corrected chi connectivity index (χ4v) is 4.99. The molecule has 1 saturated heterocycles. The quantitative estimate of drug-likeness (QED) is 0.229. The van der Waals surface area contributed by atoms with E-state index in [1.165, 1.54) is 23.9 Å². The van der Waals surface area contributed by atoms with E-state index in [1.807, 2.05) is 31.2 Å². The summed E-state index contributed by atoms with van der Waals surface area (Å²) in [4.78, 5) is 35.1. The minimum atomic E-state index is -0.491. The van der Waals surface area contributed by atoms with Crippen LogP contribution < -0.4 is 15.4 Å². The molecule has 3 N–H and O–H groups in total. The molecule has 0 bridgehead atoms. The number of rotatable bonds is 9. The molecule has 11 nitrogen and oxygen atoms in total. The van der Waals surface area contributed by atoms with Gasteiger partial charge in [-0.05, 0) is 42.3 Å². The van der Waals surface area contributed by atoms with Gasteiger partial charge in [-0.15, -0.1) is 0 Å². The number of aromatic nitrogens is 5. The van der Waals surface area contributed by atoms with Crippen LogP contribution in [0.2, 0.25) is 0 Å². The van der Waals surface area contributed by atoms with Crippen molar-refractivity contribution in [2.45, 2.75) is 19.6 Å². The Hall–Kier alpha value is -4.94. The maximum absolute atomic E-state index is 14.8. The van der Waals surface area contributed by atoms with Gasteiger partial charge in [0.1, 0.15) is 29.7 Å². The van der Waals surface area contributed by atoms with Crippen LogP contribution in [0.25, 0.3) is 33.4 Å². The predicted octanol–water partition coefficient (Wildman–Crippen LogP) is 4.64. The number of amides is 2. The number of halogens is 1. The fraction of sp³-hybridized carbons (Fsp3) is 0.258. The second kappa shape index (κ2) is 12.9. The number of carbonyl (C=O) groups excluding carboxylic acids is 1. The Kier molecular flexibility index (Phi) is 8.47. The second-order valence-electron chi connectivity index (χ2n) is 10.1. The van der Waals surface area contributed by atoms with Gasteiger partial charge in [-0.1, -0.05) is 30.3 Å². The van der Waals surface area contributed by atoms with Gasteiger partial charge in [0.2, 0.25) is 5.95 Å². The SMILES string of the molecule is CCNC(=O)Nc1nc2c(-c3ncccc3F)cc(-c3cnc(OCC4CN(Cc5ccccc5)CCO4)nc3)cc2[nH]1. The molecule has 0 aliphatic carbocycles. The minimum Gasteiger partial charge on any atom is -0.461 e. The molecular formula is C31H31FN8O3. The van der Waals surface area contributed by atoms with Gasteiger partial charge >= 0.3 is 12.0 Å². The van der Waals surface area contributed by atoms with E-state index < -0.39 is 11.8 Å². The van der Waals surface area contributed by atoms with Crippen LogP contribution in [-0.2, 0) is 11.3 Å². The van der Waals surface area contributed by atoms with Crippen molar-refractivity contribution >= 4 is 23.0 Å². The zero-order chi connectivity index (χ0) is 29.6. The summed E-state index contributed by atoms with van der Waals surface area (Å²) in [6, 6.07) is 16.7. The Morgan fingerprint density at radius 2 is 1.95 bits per heavy atom. The lowest BCUT2D eigenvalue weighted by molar-refractivity contribution is -0.0516. The summed E-state index contributed by atoms with van der Waals surface area (Å²) in [7, 11) is 0. The number of morpholine rings is 1. The largest absolute Gasteiger partial charge is 0.461 e. The van der Waals surface area contributed by atoms with Gasteiger partial charge in [0.15, 0.2) is 0 Å². The first-order valence-corrected chi connectivity index (χ1v) is 14.1. The first kappa shape index (κ1) is 28.2. The van der Waals surface area contributed by atoms with Gasteiger partial charge < -0.3 is 19.8 Å². The van der Waals surface area contributed by atoms with Crippen LogP contribution in [0.3, 0.4) is 0 Å². The lowest BCUT2D eigenvalue weighted by Crippen LogP contribution is -2.44. The Morgan fingerprint density at radius 3 is 2.74 bits per heavy atom. The Bertz CT molecular complexity index is 1700. The molecule has 12 heteroatoms. The number of urea groups is 1. The number of hydrogen-bond acceptors (Lipinski definition) is 8. The van der Waals surface area contributed by atoms with Crippen LogP contribution >= 0.6 is 0 Å². The molecule has 0 spiro atoms. The number of H-pyrrole nitrogens is 1. The molecule has 1 unspecified atom stereocenters. The van der Waals surface area contributed by atoms with E-state index in [-0.39, 0.29) is 23.8 Å². The normalized spacial score (nSPS) is 15.3. The molecule has 1 atom stereocenters. The molecule has 2 aromatic carbocycles. The highest BCUT2D eigenvalue weighted by molar-refractivity contribution is 5.98. The number of carbonyl (C=O) groups is 1. The fourth-order valence-electron chi connectivity index (χ4n) is 4.99. The van der Waals surface area contributed by atoms with Crippen LogP contribution in [0.15, 0.2) is 73.2 Å². The lowest BCUT2D eigenvalue weighted by Gasteiger charge is -2.32. The molecule has 2 amide bonds. The van der Waals surface area contributed by atoms with Crippen molar-refractivity contribution in [2.75, 3.05) is 38.2 Å². The number of anilines is 1. The summed E-state index contributed by atoms with van der Waals surface area (Å²) in [6.45, 7) is 5.72. The minimum absolute atomic E-state index is 0.0958. The first-order valence-electron chi connectivity index (χ1n) is 14.1. The molecule has 4 heterocycles. The van der Waals surface area contributed by atoms with Crippen molar-refractivity contribution in [1.82, 2.24) is 35.1 Å². The summed E-state index contributed by atoms with van der Waals surface area (Å²) in [5.74, 6) is -0.266. The summed E-state index contributed by atoms with van der Waals surface area (Å²) < 4.78 is 26.6. The molecule has 5 aromatic rings. The molecule has 43 heavy (non-hydrogen) atoms. The highest BCUT2D eigenvalue weighted by atomic mass is 19.1. The number of aromatic amines is 1. The number of nitrogens with zero attached hydrogens (tertiary/aromatic N) is 5. The van der Waals surface area contributed by atoms with E-state index >= 15 is 0 Å². The third kappa shape index (κ3) is 6.76.